The zero-order valence-electron chi connectivity index (χ0n) is 15.3. The number of anilines is 2. The minimum absolute atomic E-state index is 0.227. The van der Waals surface area contributed by atoms with Crippen molar-refractivity contribution in [2.75, 3.05) is 11.9 Å². The van der Waals surface area contributed by atoms with Crippen molar-refractivity contribution in [3.8, 4) is 5.88 Å². The number of rotatable bonds is 1. The lowest BCUT2D eigenvalue weighted by Gasteiger charge is -2.31. The third kappa shape index (κ3) is 3.02. The van der Waals surface area contributed by atoms with Crippen LogP contribution in [-0.2, 0) is 17.9 Å². The van der Waals surface area contributed by atoms with Crippen molar-refractivity contribution in [2.24, 2.45) is 5.41 Å². The number of H-pyrrole nitrogens is 1. The molecule has 1 atom stereocenters. The van der Waals surface area contributed by atoms with Gasteiger partial charge < -0.3 is 15.0 Å². The maximum absolute atomic E-state index is 13.2. The van der Waals surface area contributed by atoms with E-state index in [1.54, 1.807) is 0 Å². The summed E-state index contributed by atoms with van der Waals surface area (Å²) in [5, 5.41) is 10.7. The van der Waals surface area contributed by atoms with Gasteiger partial charge in [0.05, 0.1) is 25.4 Å². The van der Waals surface area contributed by atoms with E-state index in [1.807, 2.05) is 23.1 Å². The predicted molar refractivity (Wildman–Crippen MR) is 98.1 cm³/mol. The standard InChI is InChI=1S/C19H25N5O2/c1-3-19(2)9-4-5-10-26-16-8-6-7-15(20-16)21-17-13-11-24(18(19)25)12-14(13)22-23-17/h6-8H,3-5,9-12H2,1-2H3,(H2,20,21,22,23). The number of ether oxygens (including phenoxy) is 1. The van der Waals surface area contributed by atoms with Gasteiger partial charge in [-0.2, -0.15) is 10.1 Å². The first kappa shape index (κ1) is 16.9. The van der Waals surface area contributed by atoms with Crippen molar-refractivity contribution in [1.82, 2.24) is 20.1 Å². The van der Waals surface area contributed by atoms with E-state index in [0.29, 0.717) is 31.4 Å². The highest BCUT2D eigenvalue weighted by Gasteiger charge is 2.38. The minimum Gasteiger partial charge on any atom is -0.478 e. The quantitative estimate of drug-likeness (QED) is 0.819. The normalized spacial score (nSPS) is 23.0. The number of amides is 1. The number of hydrogen-bond acceptors (Lipinski definition) is 5. The molecule has 0 saturated heterocycles. The fraction of sp³-hybridized carbons (Fsp3) is 0.526. The molecule has 4 bridgehead atoms. The predicted octanol–water partition coefficient (Wildman–Crippen LogP) is 3.37. The average molecular weight is 355 g/mol. The fourth-order valence-electron chi connectivity index (χ4n) is 3.68. The van der Waals surface area contributed by atoms with Crippen LogP contribution in [0.25, 0.3) is 0 Å². The Kier molecular flexibility index (Phi) is 4.30. The monoisotopic (exact) mass is 355 g/mol. The maximum Gasteiger partial charge on any atom is 0.229 e. The molecule has 0 spiro atoms. The van der Waals surface area contributed by atoms with Crippen LogP contribution in [0.3, 0.4) is 0 Å². The van der Waals surface area contributed by atoms with Gasteiger partial charge in [-0.1, -0.05) is 19.9 Å². The van der Waals surface area contributed by atoms with Crippen molar-refractivity contribution in [1.29, 1.82) is 0 Å². The Hall–Kier alpha value is -2.57. The molecule has 4 rings (SSSR count). The van der Waals surface area contributed by atoms with Crippen LogP contribution < -0.4 is 10.1 Å². The van der Waals surface area contributed by atoms with Crippen LogP contribution in [0.2, 0.25) is 0 Å². The molecule has 0 aromatic carbocycles. The van der Waals surface area contributed by atoms with E-state index in [4.69, 9.17) is 4.74 Å². The number of aromatic nitrogens is 3. The van der Waals surface area contributed by atoms with Crippen molar-refractivity contribution in [3.63, 3.8) is 0 Å². The minimum atomic E-state index is -0.333. The molecule has 0 aliphatic carbocycles. The highest BCUT2D eigenvalue weighted by molar-refractivity contribution is 5.83. The van der Waals surface area contributed by atoms with Gasteiger partial charge in [-0.05, 0) is 31.7 Å². The van der Waals surface area contributed by atoms with E-state index in [0.717, 1.165) is 42.8 Å². The summed E-state index contributed by atoms with van der Waals surface area (Å²) >= 11 is 0. The number of nitrogens with one attached hydrogen (secondary N) is 2. The first-order valence-corrected chi connectivity index (χ1v) is 9.31. The Morgan fingerprint density at radius 3 is 3.04 bits per heavy atom. The molecular formula is C19H25N5O2. The number of nitrogens with zero attached hydrogens (tertiary/aromatic N) is 3. The van der Waals surface area contributed by atoms with Crippen molar-refractivity contribution in [2.45, 2.75) is 52.6 Å². The van der Waals surface area contributed by atoms with Crippen LogP contribution in [0.5, 0.6) is 5.88 Å². The molecule has 1 amide bonds. The highest BCUT2D eigenvalue weighted by atomic mass is 16.5. The summed E-state index contributed by atoms with van der Waals surface area (Å²) in [6.45, 7) is 5.96. The molecule has 2 aromatic rings. The van der Waals surface area contributed by atoms with Gasteiger partial charge in [0.2, 0.25) is 11.8 Å². The van der Waals surface area contributed by atoms with Crippen molar-refractivity contribution in [3.05, 3.63) is 29.5 Å². The van der Waals surface area contributed by atoms with Gasteiger partial charge in [0, 0.05) is 17.0 Å². The Balaban J connectivity index is 1.66. The van der Waals surface area contributed by atoms with E-state index in [2.05, 4.69) is 34.3 Å². The van der Waals surface area contributed by atoms with Crippen LogP contribution in [0.4, 0.5) is 11.6 Å². The largest absolute Gasteiger partial charge is 0.478 e. The summed E-state index contributed by atoms with van der Waals surface area (Å²) in [5.74, 6) is 2.25. The Labute approximate surface area is 153 Å². The van der Waals surface area contributed by atoms with Gasteiger partial charge in [0.25, 0.3) is 0 Å². The zero-order chi connectivity index (χ0) is 18.1. The number of aromatic amines is 1. The molecule has 4 heterocycles. The summed E-state index contributed by atoms with van der Waals surface area (Å²) in [7, 11) is 0. The molecule has 0 fully saturated rings. The van der Waals surface area contributed by atoms with E-state index in [1.165, 1.54) is 0 Å². The maximum atomic E-state index is 13.2. The number of pyridine rings is 1. The molecule has 26 heavy (non-hydrogen) atoms. The summed E-state index contributed by atoms with van der Waals surface area (Å²) in [5.41, 5.74) is 1.71. The second-order valence-electron chi connectivity index (χ2n) is 7.40. The van der Waals surface area contributed by atoms with Crippen LogP contribution in [0.1, 0.15) is 50.8 Å². The number of carbonyl (C=O) groups is 1. The Morgan fingerprint density at radius 2 is 2.19 bits per heavy atom. The summed E-state index contributed by atoms with van der Waals surface area (Å²) in [6.07, 6.45) is 3.57. The lowest BCUT2D eigenvalue weighted by molar-refractivity contribution is -0.142. The van der Waals surface area contributed by atoms with E-state index < -0.39 is 0 Å². The van der Waals surface area contributed by atoms with E-state index in [9.17, 15) is 4.79 Å². The van der Waals surface area contributed by atoms with Gasteiger partial charge in [0.1, 0.15) is 5.82 Å². The van der Waals surface area contributed by atoms with Gasteiger partial charge in [-0.3, -0.25) is 9.89 Å². The fourth-order valence-corrected chi connectivity index (χ4v) is 3.68. The molecule has 2 N–H and O–H groups in total. The molecule has 2 aliphatic rings. The average Bonchev–Trinajstić information content (AvgIpc) is 3.22. The third-order valence-electron chi connectivity index (χ3n) is 5.58. The first-order valence-electron chi connectivity index (χ1n) is 9.31. The molecule has 7 heteroatoms. The Morgan fingerprint density at radius 1 is 1.31 bits per heavy atom. The van der Waals surface area contributed by atoms with Gasteiger partial charge >= 0.3 is 0 Å². The van der Waals surface area contributed by atoms with Crippen LogP contribution in [0.15, 0.2) is 18.2 Å². The van der Waals surface area contributed by atoms with Crippen LogP contribution in [0, 0.1) is 5.41 Å². The molecule has 1 unspecified atom stereocenters. The van der Waals surface area contributed by atoms with E-state index >= 15 is 0 Å². The molecule has 138 valence electrons. The second kappa shape index (κ2) is 6.63. The zero-order valence-corrected chi connectivity index (χ0v) is 15.3. The number of carbonyl (C=O) groups excluding carboxylic acids is 1. The van der Waals surface area contributed by atoms with Crippen molar-refractivity contribution < 1.29 is 9.53 Å². The molecule has 7 nitrogen and oxygen atoms in total. The molecular weight excluding hydrogens is 330 g/mol. The molecule has 0 radical (unpaired) electrons. The van der Waals surface area contributed by atoms with Crippen LogP contribution in [-0.4, -0.2) is 32.6 Å². The smallest absolute Gasteiger partial charge is 0.229 e. The van der Waals surface area contributed by atoms with Gasteiger partial charge in [-0.15, -0.1) is 0 Å². The van der Waals surface area contributed by atoms with Gasteiger partial charge in [0.15, 0.2) is 5.82 Å². The summed E-state index contributed by atoms with van der Waals surface area (Å²) in [6, 6.07) is 5.66. The number of hydrogen-bond donors (Lipinski definition) is 2. The lowest BCUT2D eigenvalue weighted by Crippen LogP contribution is -2.39. The van der Waals surface area contributed by atoms with Gasteiger partial charge in [-0.25, -0.2) is 0 Å². The lowest BCUT2D eigenvalue weighted by atomic mass is 9.81. The summed E-state index contributed by atoms with van der Waals surface area (Å²) < 4.78 is 5.78. The summed E-state index contributed by atoms with van der Waals surface area (Å²) in [4.78, 5) is 19.6. The van der Waals surface area contributed by atoms with Crippen LogP contribution >= 0.6 is 0 Å². The first-order chi connectivity index (χ1) is 12.6. The van der Waals surface area contributed by atoms with Crippen molar-refractivity contribution >= 4 is 17.5 Å². The highest BCUT2D eigenvalue weighted by Crippen LogP contribution is 2.36. The molecule has 0 saturated carbocycles. The SMILES string of the molecule is CCC1(C)CCCCOc2cccc(n2)Nc2n[nH]c3c2CN(C3)C1=O. The topological polar surface area (TPSA) is 83.1 Å². The Bertz CT molecular complexity index is 818. The molecule has 2 aromatic heterocycles. The third-order valence-corrected chi connectivity index (χ3v) is 5.58. The molecule has 2 aliphatic heterocycles. The number of fused-ring (bicyclic) bond motifs is 3. The van der Waals surface area contributed by atoms with E-state index in [-0.39, 0.29) is 11.3 Å². The second-order valence-corrected chi connectivity index (χ2v) is 7.40.